The van der Waals surface area contributed by atoms with Crippen molar-refractivity contribution in [1.82, 2.24) is 9.80 Å². The van der Waals surface area contributed by atoms with Crippen LogP contribution in [0.15, 0.2) is 0 Å². The molecule has 1 fully saturated rings. The predicted octanol–water partition coefficient (Wildman–Crippen LogP) is 0.949. The van der Waals surface area contributed by atoms with E-state index in [9.17, 15) is 4.79 Å². The van der Waals surface area contributed by atoms with Gasteiger partial charge in [0.1, 0.15) is 0 Å². The normalized spacial score (nSPS) is 25.3. The largest absolute Gasteiger partial charge is 0.343 e. The van der Waals surface area contributed by atoms with Gasteiger partial charge in [-0.1, -0.05) is 0 Å². The lowest BCUT2D eigenvalue weighted by Gasteiger charge is -2.25. The fraction of sp³-hybridized carbons (Fsp3) is 0.900. The van der Waals surface area contributed by atoms with Gasteiger partial charge in [0.25, 0.3) is 0 Å². The maximum atomic E-state index is 11.1. The van der Waals surface area contributed by atoms with Crippen LogP contribution in [0.4, 0.5) is 0 Å². The third kappa shape index (κ3) is 2.99. The summed E-state index contributed by atoms with van der Waals surface area (Å²) < 4.78 is 0. The quantitative estimate of drug-likeness (QED) is 0.606. The van der Waals surface area contributed by atoms with Gasteiger partial charge in [-0.25, -0.2) is 0 Å². The Bertz CT molecular complexity index is 182. The minimum absolute atomic E-state index is 0.189. The van der Waals surface area contributed by atoms with Crippen LogP contribution < -0.4 is 0 Å². The van der Waals surface area contributed by atoms with Gasteiger partial charge in [-0.15, -0.1) is 0 Å². The van der Waals surface area contributed by atoms with Gasteiger partial charge in [0.05, 0.1) is 0 Å². The second-order valence-corrected chi connectivity index (χ2v) is 4.02. The lowest BCUT2D eigenvalue weighted by molar-refractivity contribution is -0.129. The molecule has 1 amide bonds. The van der Waals surface area contributed by atoms with E-state index in [0.717, 1.165) is 19.4 Å². The molecule has 1 aliphatic heterocycles. The molecule has 0 aromatic carbocycles. The average Bonchev–Trinajstić information content (AvgIpc) is 2.28. The van der Waals surface area contributed by atoms with Crippen LogP contribution in [-0.4, -0.2) is 48.9 Å². The van der Waals surface area contributed by atoms with Crippen molar-refractivity contribution in [3.05, 3.63) is 0 Å². The van der Waals surface area contributed by atoms with Gasteiger partial charge in [-0.3, -0.25) is 4.79 Å². The zero-order valence-corrected chi connectivity index (χ0v) is 8.92. The molecule has 3 heteroatoms. The van der Waals surface area contributed by atoms with Crippen molar-refractivity contribution in [3.63, 3.8) is 0 Å². The van der Waals surface area contributed by atoms with E-state index in [-0.39, 0.29) is 5.91 Å². The first-order valence-electron chi connectivity index (χ1n) is 5.03. The van der Waals surface area contributed by atoms with Crippen LogP contribution in [-0.2, 0) is 4.79 Å². The number of carbonyl (C=O) groups is 1. The molecule has 76 valence electrons. The van der Waals surface area contributed by atoms with Crippen molar-refractivity contribution in [2.45, 2.75) is 32.2 Å². The predicted molar refractivity (Wildman–Crippen MR) is 53.6 cm³/mol. The summed E-state index contributed by atoms with van der Waals surface area (Å²) in [4.78, 5) is 15.4. The second kappa shape index (κ2) is 4.61. The summed E-state index contributed by atoms with van der Waals surface area (Å²) in [6.45, 7) is 3.93. The number of nitrogens with zero attached hydrogens (tertiary/aromatic N) is 2. The molecule has 13 heavy (non-hydrogen) atoms. The zero-order valence-electron chi connectivity index (χ0n) is 8.92. The minimum atomic E-state index is 0.189. The fourth-order valence-electron chi connectivity index (χ4n) is 1.87. The summed E-state index contributed by atoms with van der Waals surface area (Å²) in [5.74, 6) is 0.189. The van der Waals surface area contributed by atoms with Crippen LogP contribution in [0.2, 0.25) is 0 Å². The highest BCUT2D eigenvalue weighted by molar-refractivity contribution is 5.73. The molecule has 1 aliphatic rings. The van der Waals surface area contributed by atoms with Crippen LogP contribution in [0, 0.1) is 0 Å². The van der Waals surface area contributed by atoms with Crippen molar-refractivity contribution in [3.8, 4) is 0 Å². The molecule has 0 spiro atoms. The van der Waals surface area contributed by atoms with E-state index in [1.165, 1.54) is 13.0 Å². The molecule has 1 saturated heterocycles. The Morgan fingerprint density at radius 3 is 2.69 bits per heavy atom. The Kier molecular flexibility index (Phi) is 3.72. The third-order valence-electron chi connectivity index (χ3n) is 2.97. The maximum Gasteiger partial charge on any atom is 0.219 e. The number of amides is 1. The maximum absolute atomic E-state index is 11.1. The lowest BCUT2D eigenvalue weighted by atomic mass is 10.1. The summed E-state index contributed by atoms with van der Waals surface area (Å²) in [7, 11) is 4.06. The number of hydrogen-bond acceptors (Lipinski definition) is 2. The van der Waals surface area contributed by atoms with Gasteiger partial charge in [0.15, 0.2) is 0 Å². The Labute approximate surface area is 80.7 Å². The SMILES string of the molecule is CC(=O)N(C)C1CCCN(C)CC1. The molecule has 0 bridgehead atoms. The molecule has 3 nitrogen and oxygen atoms in total. The van der Waals surface area contributed by atoms with Crippen molar-refractivity contribution < 1.29 is 4.79 Å². The molecule has 1 unspecified atom stereocenters. The van der Waals surface area contributed by atoms with E-state index >= 15 is 0 Å². The molecule has 0 aliphatic carbocycles. The summed E-state index contributed by atoms with van der Waals surface area (Å²) in [5, 5.41) is 0. The molecule has 0 aromatic heterocycles. The highest BCUT2D eigenvalue weighted by Crippen LogP contribution is 2.14. The number of carbonyl (C=O) groups excluding carboxylic acids is 1. The van der Waals surface area contributed by atoms with Gasteiger partial charge in [0.2, 0.25) is 5.91 Å². The smallest absolute Gasteiger partial charge is 0.219 e. The van der Waals surface area contributed by atoms with Crippen LogP contribution >= 0.6 is 0 Å². The Balaban J connectivity index is 2.46. The molecular weight excluding hydrogens is 164 g/mol. The van der Waals surface area contributed by atoms with Crippen molar-refractivity contribution in [1.29, 1.82) is 0 Å². The third-order valence-corrected chi connectivity index (χ3v) is 2.97. The van der Waals surface area contributed by atoms with Crippen LogP contribution in [0.1, 0.15) is 26.2 Å². The standard InChI is InChI=1S/C10H20N2O/c1-9(13)12(3)10-5-4-7-11(2)8-6-10/h10H,4-8H2,1-3H3. The van der Waals surface area contributed by atoms with E-state index in [0.29, 0.717) is 6.04 Å². The molecule has 1 rings (SSSR count). The van der Waals surface area contributed by atoms with E-state index in [4.69, 9.17) is 0 Å². The summed E-state index contributed by atoms with van der Waals surface area (Å²) in [6.07, 6.45) is 3.48. The van der Waals surface area contributed by atoms with E-state index < -0.39 is 0 Å². The molecular formula is C10H20N2O. The van der Waals surface area contributed by atoms with Crippen molar-refractivity contribution >= 4 is 5.91 Å². The molecule has 0 N–H and O–H groups in total. The van der Waals surface area contributed by atoms with Gasteiger partial charge in [0, 0.05) is 20.0 Å². The monoisotopic (exact) mass is 184 g/mol. The van der Waals surface area contributed by atoms with Gasteiger partial charge < -0.3 is 9.80 Å². The first-order chi connectivity index (χ1) is 6.11. The second-order valence-electron chi connectivity index (χ2n) is 4.02. The number of rotatable bonds is 1. The highest BCUT2D eigenvalue weighted by atomic mass is 16.2. The van der Waals surface area contributed by atoms with Gasteiger partial charge in [-0.2, -0.15) is 0 Å². The number of likely N-dealkylation sites (tertiary alicyclic amines) is 1. The van der Waals surface area contributed by atoms with E-state index in [1.807, 2.05) is 11.9 Å². The fourth-order valence-corrected chi connectivity index (χ4v) is 1.87. The number of hydrogen-bond donors (Lipinski definition) is 0. The van der Waals surface area contributed by atoms with Gasteiger partial charge >= 0.3 is 0 Å². The van der Waals surface area contributed by atoms with Gasteiger partial charge in [-0.05, 0) is 39.4 Å². The molecule has 0 radical (unpaired) electrons. The highest BCUT2D eigenvalue weighted by Gasteiger charge is 2.19. The average molecular weight is 184 g/mol. The summed E-state index contributed by atoms with van der Waals surface area (Å²) >= 11 is 0. The summed E-state index contributed by atoms with van der Waals surface area (Å²) in [5.41, 5.74) is 0. The summed E-state index contributed by atoms with van der Waals surface area (Å²) in [6, 6.07) is 0.461. The minimum Gasteiger partial charge on any atom is -0.343 e. The Morgan fingerprint density at radius 1 is 1.38 bits per heavy atom. The molecule has 1 heterocycles. The molecule has 0 saturated carbocycles. The van der Waals surface area contributed by atoms with Crippen molar-refractivity contribution in [2.75, 3.05) is 27.2 Å². The topological polar surface area (TPSA) is 23.6 Å². The Hall–Kier alpha value is -0.570. The molecule has 0 aromatic rings. The van der Waals surface area contributed by atoms with Crippen LogP contribution in [0.25, 0.3) is 0 Å². The van der Waals surface area contributed by atoms with E-state index in [2.05, 4.69) is 11.9 Å². The molecule has 1 atom stereocenters. The van der Waals surface area contributed by atoms with Crippen molar-refractivity contribution in [2.24, 2.45) is 0 Å². The zero-order chi connectivity index (χ0) is 9.84. The van der Waals surface area contributed by atoms with Crippen LogP contribution in [0.3, 0.4) is 0 Å². The van der Waals surface area contributed by atoms with Crippen LogP contribution in [0.5, 0.6) is 0 Å². The lowest BCUT2D eigenvalue weighted by Crippen LogP contribution is -2.36. The first-order valence-corrected chi connectivity index (χ1v) is 5.03. The first kappa shape index (κ1) is 10.5. The Morgan fingerprint density at radius 2 is 2.08 bits per heavy atom. The van der Waals surface area contributed by atoms with E-state index in [1.54, 1.807) is 6.92 Å².